The molecule has 1 amide bonds. The summed E-state index contributed by atoms with van der Waals surface area (Å²) in [6.45, 7) is 1.17. The molecule has 0 saturated carbocycles. The van der Waals surface area contributed by atoms with E-state index in [1.807, 2.05) is 18.3 Å². The number of carbonyl (C=O) groups excluding carboxylic acids is 1. The highest BCUT2D eigenvalue weighted by atomic mass is 19.1. The summed E-state index contributed by atoms with van der Waals surface area (Å²) >= 11 is 0. The predicted molar refractivity (Wildman–Crippen MR) is 119 cm³/mol. The van der Waals surface area contributed by atoms with Crippen LogP contribution in [0, 0.1) is 11.7 Å². The minimum Gasteiger partial charge on any atom is -0.396 e. The first kappa shape index (κ1) is 19.0. The largest absolute Gasteiger partial charge is 0.396 e. The summed E-state index contributed by atoms with van der Waals surface area (Å²) in [5, 5.41) is 9.47. The van der Waals surface area contributed by atoms with Gasteiger partial charge in [-0.15, -0.1) is 0 Å². The van der Waals surface area contributed by atoms with Crippen molar-refractivity contribution in [2.75, 3.05) is 18.1 Å². The Kier molecular flexibility index (Phi) is 4.26. The van der Waals surface area contributed by atoms with E-state index < -0.39 is 0 Å². The molecule has 1 fully saturated rings. The molecule has 0 radical (unpaired) electrons. The number of halogens is 1. The number of hydrogen-bond donors (Lipinski definition) is 1. The third-order valence-electron chi connectivity index (χ3n) is 6.38. The second kappa shape index (κ2) is 7.17. The number of fused-ring (bicyclic) bond motifs is 5. The van der Waals surface area contributed by atoms with Gasteiger partial charge in [-0.1, -0.05) is 12.1 Å². The third kappa shape index (κ3) is 2.97. The number of benzene rings is 2. The maximum atomic E-state index is 13.4. The number of nitrogens with zero attached hydrogens (tertiary/aromatic N) is 4. The van der Waals surface area contributed by atoms with Gasteiger partial charge >= 0.3 is 0 Å². The molecule has 7 heteroatoms. The molecular weight excluding hydrogens is 407 g/mol. The van der Waals surface area contributed by atoms with Crippen molar-refractivity contribution in [2.24, 2.45) is 5.92 Å². The fourth-order valence-electron chi connectivity index (χ4n) is 4.75. The zero-order chi connectivity index (χ0) is 21.8. The number of aliphatic hydroxyl groups excluding tert-OH is 1. The lowest BCUT2D eigenvalue weighted by molar-refractivity contribution is -0.117. The number of aliphatic hydroxyl groups is 1. The van der Waals surface area contributed by atoms with E-state index in [0.29, 0.717) is 19.5 Å². The Morgan fingerprint density at radius 3 is 2.72 bits per heavy atom. The highest BCUT2D eigenvalue weighted by Crippen LogP contribution is 2.36. The molecule has 4 aromatic rings. The maximum Gasteiger partial charge on any atom is 0.227 e. The van der Waals surface area contributed by atoms with Gasteiger partial charge in [0.2, 0.25) is 5.91 Å². The lowest BCUT2D eigenvalue weighted by Gasteiger charge is -2.19. The molecule has 1 atom stereocenters. The van der Waals surface area contributed by atoms with Gasteiger partial charge in [0.05, 0.1) is 11.4 Å². The molecular formula is C25H21FN4O2. The molecule has 0 spiro atoms. The van der Waals surface area contributed by atoms with E-state index in [-0.39, 0.29) is 24.2 Å². The van der Waals surface area contributed by atoms with Gasteiger partial charge in [-0.25, -0.2) is 9.37 Å². The van der Waals surface area contributed by atoms with Crippen LogP contribution in [0.3, 0.4) is 0 Å². The molecule has 32 heavy (non-hydrogen) atoms. The summed E-state index contributed by atoms with van der Waals surface area (Å²) in [6.07, 6.45) is 6.16. The zero-order valence-corrected chi connectivity index (χ0v) is 17.3. The Labute approximate surface area is 184 Å². The Morgan fingerprint density at radius 2 is 1.94 bits per heavy atom. The monoisotopic (exact) mass is 428 g/mol. The number of anilines is 1. The summed E-state index contributed by atoms with van der Waals surface area (Å²) in [6, 6.07) is 14.6. The van der Waals surface area contributed by atoms with E-state index in [0.717, 1.165) is 39.6 Å². The minimum atomic E-state index is -0.258. The van der Waals surface area contributed by atoms with E-state index in [1.54, 1.807) is 23.2 Å². The summed E-state index contributed by atoms with van der Waals surface area (Å²) < 4.78 is 17.6. The Balaban J connectivity index is 1.44. The van der Waals surface area contributed by atoms with Gasteiger partial charge in [-0.05, 0) is 47.5 Å². The molecule has 6 nitrogen and oxygen atoms in total. The first-order valence-corrected chi connectivity index (χ1v) is 10.6. The first-order chi connectivity index (χ1) is 15.6. The second-order valence-electron chi connectivity index (χ2n) is 8.44. The van der Waals surface area contributed by atoms with Gasteiger partial charge in [-0.3, -0.25) is 9.36 Å². The standard InChI is InChI=1S/C25H21FN4O2/c26-20-3-1-17(2-4-20)18-11-23-25-27-7-8-29(25)22-6-5-21(10-19(22)14-28(23)13-18)30-12-16(15-31)9-24(30)32/h1-8,10-11,13,16,31H,9,12,14-15H2/t16-/m0/s1. The van der Waals surface area contributed by atoms with Crippen LogP contribution < -0.4 is 4.90 Å². The number of aromatic nitrogens is 3. The Hall–Kier alpha value is -3.71. The molecule has 160 valence electrons. The van der Waals surface area contributed by atoms with Gasteiger partial charge in [-0.2, -0.15) is 0 Å². The van der Waals surface area contributed by atoms with Gasteiger partial charge in [0.15, 0.2) is 5.82 Å². The van der Waals surface area contributed by atoms with Crippen molar-refractivity contribution in [1.82, 2.24) is 14.1 Å². The summed E-state index contributed by atoms with van der Waals surface area (Å²) in [7, 11) is 0. The molecule has 2 aromatic carbocycles. The topological polar surface area (TPSA) is 63.3 Å². The highest BCUT2D eigenvalue weighted by Gasteiger charge is 2.31. The smallest absolute Gasteiger partial charge is 0.227 e. The van der Waals surface area contributed by atoms with Crippen molar-refractivity contribution in [1.29, 1.82) is 0 Å². The molecule has 0 aliphatic carbocycles. The fourth-order valence-corrected chi connectivity index (χ4v) is 4.75. The van der Waals surface area contributed by atoms with Crippen LogP contribution in [0.4, 0.5) is 10.1 Å². The minimum absolute atomic E-state index is 0.0177. The van der Waals surface area contributed by atoms with Crippen LogP contribution in [-0.2, 0) is 11.3 Å². The molecule has 2 aliphatic rings. The van der Waals surface area contributed by atoms with Gasteiger partial charge < -0.3 is 14.6 Å². The molecule has 6 rings (SSSR count). The van der Waals surface area contributed by atoms with Gasteiger partial charge in [0.1, 0.15) is 5.82 Å². The van der Waals surface area contributed by atoms with Crippen molar-refractivity contribution < 1.29 is 14.3 Å². The first-order valence-electron chi connectivity index (χ1n) is 10.6. The van der Waals surface area contributed by atoms with Crippen LogP contribution >= 0.6 is 0 Å². The summed E-state index contributed by atoms with van der Waals surface area (Å²) in [4.78, 5) is 18.9. The van der Waals surface area contributed by atoms with Crippen LogP contribution in [0.2, 0.25) is 0 Å². The SMILES string of the molecule is O=C1C[C@H](CO)CN1c1ccc2c(c1)Cn1cc(-c3ccc(F)cc3)cc1-c1nccn1-2. The van der Waals surface area contributed by atoms with Crippen LogP contribution in [0.1, 0.15) is 12.0 Å². The predicted octanol–water partition coefficient (Wildman–Crippen LogP) is 3.85. The lowest BCUT2D eigenvalue weighted by Crippen LogP contribution is -2.25. The average Bonchev–Trinajstić information content (AvgIpc) is 3.51. The van der Waals surface area contributed by atoms with E-state index in [1.165, 1.54) is 12.1 Å². The van der Waals surface area contributed by atoms with Gasteiger partial charge in [0, 0.05) is 61.9 Å². The van der Waals surface area contributed by atoms with Gasteiger partial charge in [0.25, 0.3) is 0 Å². The van der Waals surface area contributed by atoms with E-state index >= 15 is 0 Å². The van der Waals surface area contributed by atoms with Crippen molar-refractivity contribution in [3.8, 4) is 28.3 Å². The quantitative estimate of drug-likeness (QED) is 0.475. The maximum absolute atomic E-state index is 13.4. The number of hydrogen-bond acceptors (Lipinski definition) is 3. The summed E-state index contributed by atoms with van der Waals surface area (Å²) in [5.74, 6) is 0.603. The van der Waals surface area contributed by atoms with Crippen LogP contribution in [-0.4, -0.2) is 38.3 Å². The normalized spacial score (nSPS) is 17.1. The summed E-state index contributed by atoms with van der Waals surface area (Å²) in [5.41, 5.74) is 5.86. The van der Waals surface area contributed by atoms with E-state index in [4.69, 9.17) is 0 Å². The fraction of sp³-hybridized carbons (Fsp3) is 0.200. The number of rotatable bonds is 3. The van der Waals surface area contributed by atoms with Crippen LogP contribution in [0.15, 0.2) is 67.1 Å². The zero-order valence-electron chi connectivity index (χ0n) is 17.3. The van der Waals surface area contributed by atoms with E-state index in [2.05, 4.69) is 32.4 Å². The number of amides is 1. The Bertz CT molecular complexity index is 1340. The molecule has 4 heterocycles. The third-order valence-corrected chi connectivity index (χ3v) is 6.38. The van der Waals surface area contributed by atoms with Crippen molar-refractivity contribution in [3.63, 3.8) is 0 Å². The molecule has 0 bridgehead atoms. The van der Waals surface area contributed by atoms with Crippen molar-refractivity contribution >= 4 is 11.6 Å². The van der Waals surface area contributed by atoms with Crippen LogP contribution in [0.25, 0.3) is 28.3 Å². The average molecular weight is 428 g/mol. The number of carbonyl (C=O) groups is 1. The molecule has 2 aromatic heterocycles. The molecule has 1 N–H and O–H groups in total. The second-order valence-corrected chi connectivity index (χ2v) is 8.44. The van der Waals surface area contributed by atoms with Crippen molar-refractivity contribution in [2.45, 2.75) is 13.0 Å². The van der Waals surface area contributed by atoms with E-state index in [9.17, 15) is 14.3 Å². The highest BCUT2D eigenvalue weighted by molar-refractivity contribution is 5.96. The Morgan fingerprint density at radius 1 is 1.09 bits per heavy atom. The lowest BCUT2D eigenvalue weighted by atomic mass is 10.1. The molecule has 0 unspecified atom stereocenters. The molecule has 1 saturated heterocycles. The number of imidazole rings is 1. The van der Waals surface area contributed by atoms with Crippen LogP contribution in [0.5, 0.6) is 0 Å². The molecule has 2 aliphatic heterocycles. The van der Waals surface area contributed by atoms with Crippen molar-refractivity contribution in [3.05, 3.63) is 78.5 Å².